The third-order valence-electron chi connectivity index (χ3n) is 2.58. The number of anilines is 1. The van der Waals surface area contributed by atoms with Gasteiger partial charge >= 0.3 is 0 Å². The van der Waals surface area contributed by atoms with Gasteiger partial charge in [0.1, 0.15) is 5.82 Å². The number of imidazole rings is 1. The topological polar surface area (TPSA) is 95.1 Å². The van der Waals surface area contributed by atoms with Crippen molar-refractivity contribution in [2.45, 2.75) is 18.4 Å². The number of aromatic amines is 1. The number of benzene rings is 1. The molecule has 0 aliphatic carbocycles. The van der Waals surface area contributed by atoms with Crippen molar-refractivity contribution < 1.29 is 13.5 Å². The van der Waals surface area contributed by atoms with Gasteiger partial charge in [-0.2, -0.15) is 8.42 Å². The lowest BCUT2D eigenvalue weighted by molar-refractivity contribution is 0.305. The Morgan fingerprint density at radius 1 is 1.33 bits per heavy atom. The second kappa shape index (κ2) is 6.43. The molecule has 0 radical (unpaired) electrons. The van der Waals surface area contributed by atoms with Gasteiger partial charge in [0.2, 0.25) is 0 Å². The van der Waals surface area contributed by atoms with E-state index in [-0.39, 0.29) is 11.6 Å². The summed E-state index contributed by atoms with van der Waals surface area (Å²) in [6.45, 7) is 1.70. The number of H-pyrrole nitrogens is 1. The van der Waals surface area contributed by atoms with Crippen LogP contribution in [0.15, 0.2) is 35.5 Å². The summed E-state index contributed by atoms with van der Waals surface area (Å²) in [7, 11) is -3.66. The monoisotopic (exact) mass is 305 g/mol. The quantitative estimate of drug-likeness (QED) is 0.741. The average molecular weight is 305 g/mol. The molecule has 0 bridgehead atoms. The van der Waals surface area contributed by atoms with Gasteiger partial charge in [-0.15, -0.1) is 0 Å². The van der Waals surface area contributed by atoms with Gasteiger partial charge in [0.05, 0.1) is 12.8 Å². The number of aromatic nitrogens is 2. The maximum atomic E-state index is 12.1. The number of aliphatic hydroxyl groups is 1. The van der Waals surface area contributed by atoms with Crippen molar-refractivity contribution >= 4 is 15.7 Å². The highest BCUT2D eigenvalue weighted by atomic mass is 32.2. The molecule has 0 saturated heterocycles. The Morgan fingerprint density at radius 2 is 2.05 bits per heavy atom. The number of sulfonamides is 1. The third kappa shape index (κ3) is 4.08. The second-order valence-corrected chi connectivity index (χ2v) is 5.94. The van der Waals surface area contributed by atoms with E-state index >= 15 is 0 Å². The molecule has 1 aromatic heterocycles. The third-order valence-corrected chi connectivity index (χ3v) is 3.87. The lowest BCUT2D eigenvalue weighted by atomic mass is 10.2. The Labute approximate surface area is 123 Å². The molecule has 0 atom stereocenters. The fourth-order valence-electron chi connectivity index (χ4n) is 1.59. The molecule has 0 aliphatic heterocycles. The van der Waals surface area contributed by atoms with Crippen molar-refractivity contribution in [2.24, 2.45) is 0 Å². The SMILES string of the molecule is Cc1ncc(S(=O)(=O)Nc2ccc(C#CCCO)cc2)[nH]1. The molecule has 110 valence electrons. The predicted octanol–water partition coefficient (Wildman–Crippen LogP) is 1.25. The zero-order chi connectivity index (χ0) is 15.3. The van der Waals surface area contributed by atoms with Gasteiger partial charge < -0.3 is 10.1 Å². The van der Waals surface area contributed by atoms with Crippen molar-refractivity contribution in [2.75, 3.05) is 11.3 Å². The van der Waals surface area contributed by atoms with Crippen molar-refractivity contribution in [1.29, 1.82) is 0 Å². The highest BCUT2D eigenvalue weighted by molar-refractivity contribution is 7.92. The van der Waals surface area contributed by atoms with Crippen LogP contribution in [0.25, 0.3) is 0 Å². The Hall–Kier alpha value is -2.30. The number of hydrogen-bond acceptors (Lipinski definition) is 4. The van der Waals surface area contributed by atoms with E-state index in [9.17, 15) is 8.42 Å². The van der Waals surface area contributed by atoms with Crippen LogP contribution in [0, 0.1) is 18.8 Å². The second-order valence-electron chi connectivity index (χ2n) is 4.29. The first-order valence-electron chi connectivity index (χ1n) is 6.25. The Bertz CT molecular complexity index is 768. The van der Waals surface area contributed by atoms with Gasteiger partial charge in [-0.1, -0.05) is 11.8 Å². The van der Waals surface area contributed by atoms with Gasteiger partial charge in [-0.3, -0.25) is 4.72 Å². The number of rotatable bonds is 4. The molecule has 7 heteroatoms. The summed E-state index contributed by atoms with van der Waals surface area (Å²) >= 11 is 0. The summed E-state index contributed by atoms with van der Waals surface area (Å²) in [4.78, 5) is 6.54. The van der Waals surface area contributed by atoms with Crippen LogP contribution in [-0.2, 0) is 10.0 Å². The molecule has 2 rings (SSSR count). The van der Waals surface area contributed by atoms with Gasteiger partial charge in [-0.05, 0) is 31.2 Å². The molecule has 2 aromatic rings. The van der Waals surface area contributed by atoms with Crippen molar-refractivity contribution in [3.63, 3.8) is 0 Å². The minimum Gasteiger partial charge on any atom is -0.395 e. The molecule has 6 nitrogen and oxygen atoms in total. The van der Waals surface area contributed by atoms with Crippen LogP contribution in [0.1, 0.15) is 17.8 Å². The molecule has 1 aromatic carbocycles. The Morgan fingerprint density at radius 3 is 2.62 bits per heavy atom. The van der Waals surface area contributed by atoms with E-state index in [0.717, 1.165) is 5.56 Å². The number of hydrogen-bond donors (Lipinski definition) is 3. The van der Waals surface area contributed by atoms with Crippen molar-refractivity contribution in [3.8, 4) is 11.8 Å². The van der Waals surface area contributed by atoms with E-state index in [0.29, 0.717) is 17.9 Å². The largest absolute Gasteiger partial charge is 0.395 e. The maximum absolute atomic E-state index is 12.1. The molecule has 21 heavy (non-hydrogen) atoms. The van der Waals surface area contributed by atoms with Crippen molar-refractivity contribution in [3.05, 3.63) is 41.9 Å². The number of aliphatic hydroxyl groups excluding tert-OH is 1. The fraction of sp³-hybridized carbons (Fsp3) is 0.214. The van der Waals surface area contributed by atoms with Crippen LogP contribution in [0.2, 0.25) is 0 Å². The van der Waals surface area contributed by atoms with Crippen LogP contribution in [-0.4, -0.2) is 30.1 Å². The highest BCUT2D eigenvalue weighted by Crippen LogP contribution is 2.15. The minimum atomic E-state index is -3.66. The van der Waals surface area contributed by atoms with E-state index in [1.165, 1.54) is 6.20 Å². The number of aryl methyl sites for hydroxylation is 1. The molecule has 0 aliphatic rings. The molecule has 0 fully saturated rings. The van der Waals surface area contributed by atoms with Crippen LogP contribution in [0.5, 0.6) is 0 Å². The van der Waals surface area contributed by atoms with Crippen LogP contribution < -0.4 is 4.72 Å². The molecule has 0 amide bonds. The smallest absolute Gasteiger partial charge is 0.278 e. The first kappa shape index (κ1) is 15.1. The summed E-state index contributed by atoms with van der Waals surface area (Å²) in [5, 5.41) is 8.66. The molecule has 0 saturated carbocycles. The molecule has 0 unspecified atom stereocenters. The van der Waals surface area contributed by atoms with Crippen LogP contribution in [0.4, 0.5) is 5.69 Å². The normalized spacial score (nSPS) is 10.8. The average Bonchev–Trinajstić information content (AvgIpc) is 2.88. The van der Waals surface area contributed by atoms with E-state index in [1.54, 1.807) is 31.2 Å². The molecular formula is C14H15N3O3S. The maximum Gasteiger partial charge on any atom is 0.278 e. The van der Waals surface area contributed by atoms with Gasteiger partial charge in [0.25, 0.3) is 10.0 Å². The van der Waals surface area contributed by atoms with Gasteiger partial charge in [0.15, 0.2) is 5.03 Å². The summed E-state index contributed by atoms with van der Waals surface area (Å²) in [5.41, 5.74) is 1.19. The zero-order valence-corrected chi connectivity index (χ0v) is 12.2. The molecular weight excluding hydrogens is 290 g/mol. The van der Waals surface area contributed by atoms with Gasteiger partial charge in [0, 0.05) is 17.7 Å². The summed E-state index contributed by atoms with van der Waals surface area (Å²) in [6.07, 6.45) is 1.68. The minimum absolute atomic E-state index is 0.0202. The molecule has 1 heterocycles. The van der Waals surface area contributed by atoms with Crippen molar-refractivity contribution in [1.82, 2.24) is 9.97 Å². The predicted molar refractivity (Wildman–Crippen MR) is 79.2 cm³/mol. The summed E-state index contributed by atoms with van der Waals surface area (Å²) in [5.74, 6) is 6.20. The lowest BCUT2D eigenvalue weighted by Gasteiger charge is -2.05. The zero-order valence-electron chi connectivity index (χ0n) is 11.4. The molecule has 0 spiro atoms. The summed E-state index contributed by atoms with van der Waals surface area (Å²) in [6, 6.07) is 6.67. The van der Waals surface area contributed by atoms with E-state index < -0.39 is 10.0 Å². The van der Waals surface area contributed by atoms with Gasteiger partial charge in [-0.25, -0.2) is 4.98 Å². The Balaban J connectivity index is 2.12. The first-order chi connectivity index (χ1) is 10.0. The summed E-state index contributed by atoms with van der Waals surface area (Å²) < 4.78 is 26.6. The Kier molecular flexibility index (Phi) is 4.62. The number of nitrogens with one attached hydrogen (secondary N) is 2. The highest BCUT2D eigenvalue weighted by Gasteiger charge is 2.16. The van der Waals surface area contributed by atoms with Crippen LogP contribution >= 0.6 is 0 Å². The van der Waals surface area contributed by atoms with E-state index in [1.807, 2.05) is 0 Å². The van der Waals surface area contributed by atoms with E-state index in [4.69, 9.17) is 5.11 Å². The van der Waals surface area contributed by atoms with E-state index in [2.05, 4.69) is 26.5 Å². The first-order valence-corrected chi connectivity index (χ1v) is 7.74. The van der Waals surface area contributed by atoms with Crippen LogP contribution in [0.3, 0.4) is 0 Å². The fourth-order valence-corrected chi connectivity index (χ4v) is 2.62. The number of nitrogens with zero attached hydrogens (tertiary/aromatic N) is 1. The standard InChI is InChI=1S/C14H15N3O3S/c1-11-15-10-14(16-11)21(19,20)17-13-7-5-12(6-8-13)4-2-3-9-18/h5-8,10,17-18H,3,9H2,1H3,(H,15,16). The molecule has 3 N–H and O–H groups in total. The lowest BCUT2D eigenvalue weighted by Crippen LogP contribution is -2.13.